The van der Waals surface area contributed by atoms with Gasteiger partial charge in [-0.15, -0.1) is 0 Å². The molecule has 0 aromatic carbocycles. The Morgan fingerprint density at radius 2 is 1.69 bits per heavy atom. The van der Waals surface area contributed by atoms with Crippen molar-refractivity contribution < 1.29 is 18.0 Å². The van der Waals surface area contributed by atoms with Gasteiger partial charge in [-0.2, -0.15) is 23.4 Å². The highest BCUT2D eigenvalue weighted by Gasteiger charge is 2.58. The predicted octanol–water partition coefficient (Wildman–Crippen LogP) is 3.69. The number of hydrogen-bond donors (Lipinski definition) is 1. The summed E-state index contributed by atoms with van der Waals surface area (Å²) in [5.41, 5.74) is 0.227. The molecule has 3 saturated carbocycles. The van der Waals surface area contributed by atoms with Crippen LogP contribution in [0.25, 0.3) is 0 Å². The summed E-state index contributed by atoms with van der Waals surface area (Å²) < 4.78 is 40.0. The Bertz CT molecular complexity index is 1150. The van der Waals surface area contributed by atoms with Gasteiger partial charge in [0.15, 0.2) is 11.5 Å². The number of H-pyrrole nitrogens is 1. The van der Waals surface area contributed by atoms with E-state index < -0.39 is 11.9 Å². The third-order valence-electron chi connectivity index (χ3n) is 9.06. The highest BCUT2D eigenvalue weighted by atomic mass is 19.4. The fourth-order valence-corrected chi connectivity index (χ4v) is 7.13. The highest BCUT2D eigenvalue weighted by Crippen LogP contribution is 2.57. The van der Waals surface area contributed by atoms with E-state index in [0.29, 0.717) is 29.9 Å². The summed E-state index contributed by atoms with van der Waals surface area (Å²) in [6, 6.07) is 1.31. The lowest BCUT2D eigenvalue weighted by atomic mass is 9.56. The minimum Gasteiger partial charge on any atom is -0.323 e. The van der Waals surface area contributed by atoms with Crippen LogP contribution in [0.2, 0.25) is 0 Å². The monoisotopic (exact) mass is 489 g/mol. The van der Waals surface area contributed by atoms with Crippen LogP contribution in [0.3, 0.4) is 0 Å². The highest BCUT2D eigenvalue weighted by molar-refractivity contribution is 5.77. The number of likely N-dealkylation sites (tertiary alicyclic amines) is 2. The molecule has 2 aromatic heterocycles. The first kappa shape index (κ1) is 21.7. The third-order valence-corrected chi connectivity index (χ3v) is 9.06. The first-order valence-electron chi connectivity index (χ1n) is 12.7. The molecule has 8 nitrogen and oxygen atoms in total. The second kappa shape index (κ2) is 7.00. The Balaban J connectivity index is 0.853. The van der Waals surface area contributed by atoms with Crippen LogP contribution in [0.15, 0.2) is 6.07 Å². The molecule has 2 spiro atoms. The van der Waals surface area contributed by atoms with E-state index in [4.69, 9.17) is 4.98 Å². The van der Waals surface area contributed by atoms with E-state index >= 15 is 0 Å². The van der Waals surface area contributed by atoms with Gasteiger partial charge in [0.2, 0.25) is 0 Å². The third kappa shape index (κ3) is 3.56. The van der Waals surface area contributed by atoms with E-state index in [1.165, 1.54) is 23.6 Å². The molecular weight excluding hydrogens is 459 g/mol. The summed E-state index contributed by atoms with van der Waals surface area (Å²) in [4.78, 5) is 21.5. The summed E-state index contributed by atoms with van der Waals surface area (Å²) in [6.45, 7) is 3.20. The van der Waals surface area contributed by atoms with Gasteiger partial charge in [-0.25, -0.2) is 9.78 Å². The maximum atomic E-state index is 12.9. The molecule has 2 aromatic rings. The fourth-order valence-electron chi connectivity index (χ4n) is 7.13. The molecule has 2 aliphatic heterocycles. The molecule has 0 unspecified atom stereocenters. The van der Waals surface area contributed by atoms with Crippen molar-refractivity contribution in [3.63, 3.8) is 0 Å². The predicted molar refractivity (Wildman–Crippen MR) is 118 cm³/mol. The number of hydrogen-bond acceptors (Lipinski definition) is 4. The van der Waals surface area contributed by atoms with Gasteiger partial charge >= 0.3 is 12.2 Å². The van der Waals surface area contributed by atoms with Crippen LogP contribution in [-0.2, 0) is 19.6 Å². The number of nitrogens with zero attached hydrogens (tertiary/aromatic N) is 6. The number of halogens is 3. The lowest BCUT2D eigenvalue weighted by Crippen LogP contribution is -2.71. The van der Waals surface area contributed by atoms with Crippen LogP contribution in [-0.4, -0.2) is 67.0 Å². The molecular formula is C24H30F3N7O. The number of nitrogens with one attached hydrogen (secondary N) is 1. The maximum Gasteiger partial charge on any atom is 0.435 e. The van der Waals surface area contributed by atoms with Gasteiger partial charge in [0, 0.05) is 61.6 Å². The van der Waals surface area contributed by atoms with Crippen LogP contribution in [0.1, 0.15) is 73.4 Å². The van der Waals surface area contributed by atoms with Crippen molar-refractivity contribution in [3.05, 3.63) is 29.1 Å². The van der Waals surface area contributed by atoms with Crippen LogP contribution < -0.4 is 0 Å². The summed E-state index contributed by atoms with van der Waals surface area (Å²) in [6.07, 6.45) is 2.69. The van der Waals surface area contributed by atoms with Crippen LogP contribution >= 0.6 is 0 Å². The van der Waals surface area contributed by atoms with Crippen molar-refractivity contribution in [2.24, 2.45) is 23.8 Å². The molecule has 188 valence electrons. The Labute approximate surface area is 201 Å². The Morgan fingerprint density at radius 3 is 2.26 bits per heavy atom. The second-order valence-corrected chi connectivity index (χ2v) is 12.1. The lowest BCUT2D eigenvalue weighted by Gasteiger charge is -2.63. The molecule has 0 radical (unpaired) electrons. The number of aromatic nitrogens is 5. The minimum atomic E-state index is -4.41. The zero-order valence-corrected chi connectivity index (χ0v) is 19.8. The second-order valence-electron chi connectivity index (χ2n) is 12.1. The molecule has 5 aliphatic rings. The number of alkyl halides is 3. The molecule has 1 N–H and O–H groups in total. The zero-order valence-electron chi connectivity index (χ0n) is 19.8. The van der Waals surface area contributed by atoms with Crippen molar-refractivity contribution in [1.29, 1.82) is 0 Å². The van der Waals surface area contributed by atoms with E-state index in [0.717, 1.165) is 63.5 Å². The standard InChI is InChI=1S/C24H30F3N7O/c1-32-17(5-18(31-32)24(25,26)27)4-14-6-22(7-14)10-33(11-22)21(35)34-12-23(13-34)8-16(9-23)20-28-19(29-30-20)15-2-3-15/h5,14-16H,2-4,6-13H2,1H3,(H,28,29,30). The number of carbonyl (C=O) groups is 1. The smallest absolute Gasteiger partial charge is 0.323 e. The zero-order chi connectivity index (χ0) is 24.2. The number of aryl methyl sites for hydroxylation is 1. The topological polar surface area (TPSA) is 82.9 Å². The largest absolute Gasteiger partial charge is 0.435 e. The van der Waals surface area contributed by atoms with Crippen molar-refractivity contribution in [1.82, 2.24) is 34.8 Å². The number of aromatic amines is 1. The first-order chi connectivity index (χ1) is 16.6. The molecule has 4 heterocycles. The van der Waals surface area contributed by atoms with E-state index in [9.17, 15) is 18.0 Å². The summed E-state index contributed by atoms with van der Waals surface area (Å²) >= 11 is 0. The Morgan fingerprint density at radius 1 is 1.06 bits per heavy atom. The SMILES string of the molecule is Cn1nc(C(F)(F)F)cc1CC1CC2(C1)CN(C(=O)N1CC3(CC(c4n[nH]c(C5CC5)n4)C3)C1)C2. The summed E-state index contributed by atoms with van der Waals surface area (Å²) in [5.74, 6) is 3.36. The van der Waals surface area contributed by atoms with E-state index in [1.54, 1.807) is 7.05 Å². The molecule has 2 amide bonds. The molecule has 0 atom stereocenters. The average molecular weight is 490 g/mol. The van der Waals surface area contributed by atoms with Gasteiger partial charge in [0.05, 0.1) is 0 Å². The number of urea groups is 1. The molecule has 2 saturated heterocycles. The number of rotatable bonds is 4. The van der Waals surface area contributed by atoms with Crippen LogP contribution in [0, 0.1) is 16.7 Å². The van der Waals surface area contributed by atoms with Gasteiger partial charge in [-0.3, -0.25) is 9.78 Å². The fraction of sp³-hybridized carbons (Fsp3) is 0.750. The molecule has 7 rings (SSSR count). The molecule has 11 heteroatoms. The van der Waals surface area contributed by atoms with E-state index in [2.05, 4.69) is 15.3 Å². The van der Waals surface area contributed by atoms with Gasteiger partial charge in [-0.1, -0.05) is 0 Å². The Kier molecular flexibility index (Phi) is 4.34. The minimum absolute atomic E-state index is 0.142. The van der Waals surface area contributed by atoms with Gasteiger partial charge < -0.3 is 9.80 Å². The van der Waals surface area contributed by atoms with Crippen molar-refractivity contribution >= 4 is 6.03 Å². The van der Waals surface area contributed by atoms with Crippen molar-refractivity contribution in [3.8, 4) is 0 Å². The van der Waals surface area contributed by atoms with E-state index in [1.807, 2.05) is 9.80 Å². The average Bonchev–Trinajstić information content (AvgIpc) is 3.29. The van der Waals surface area contributed by atoms with Crippen LogP contribution in [0.4, 0.5) is 18.0 Å². The van der Waals surface area contributed by atoms with Crippen molar-refractivity contribution in [2.45, 2.75) is 63.0 Å². The van der Waals surface area contributed by atoms with E-state index in [-0.39, 0.29) is 16.9 Å². The number of amides is 2. The quantitative estimate of drug-likeness (QED) is 0.710. The number of carbonyl (C=O) groups excluding carboxylic acids is 1. The van der Waals surface area contributed by atoms with Gasteiger partial charge in [0.1, 0.15) is 5.82 Å². The molecule has 5 fully saturated rings. The van der Waals surface area contributed by atoms with Gasteiger partial charge in [0.25, 0.3) is 0 Å². The lowest BCUT2D eigenvalue weighted by molar-refractivity contribution is -0.141. The maximum absolute atomic E-state index is 12.9. The first-order valence-corrected chi connectivity index (χ1v) is 12.7. The summed E-state index contributed by atoms with van der Waals surface area (Å²) in [5, 5.41) is 11.1. The molecule has 35 heavy (non-hydrogen) atoms. The van der Waals surface area contributed by atoms with Crippen molar-refractivity contribution in [2.75, 3.05) is 26.2 Å². The molecule has 0 bridgehead atoms. The van der Waals surface area contributed by atoms with Crippen LogP contribution in [0.5, 0.6) is 0 Å². The molecule has 3 aliphatic carbocycles. The normalized spacial score (nSPS) is 25.4. The Hall–Kier alpha value is -2.59. The van der Waals surface area contributed by atoms with Gasteiger partial charge in [-0.05, 0) is 56.9 Å². The summed E-state index contributed by atoms with van der Waals surface area (Å²) in [7, 11) is 1.57.